The molecule has 0 bridgehead atoms. The van der Waals surface area contributed by atoms with E-state index < -0.39 is 24.0 Å². The number of nitrogens with one attached hydrogen (secondary N) is 2. The summed E-state index contributed by atoms with van der Waals surface area (Å²) in [6.45, 7) is 1.46. The average Bonchev–Trinajstić information content (AvgIpc) is 3.29. The van der Waals surface area contributed by atoms with Gasteiger partial charge in [0.25, 0.3) is 5.91 Å². The minimum atomic E-state index is -1.18. The Hall–Kier alpha value is -4.14. The van der Waals surface area contributed by atoms with Crippen LogP contribution < -0.4 is 10.6 Å². The van der Waals surface area contributed by atoms with E-state index in [1.54, 1.807) is 7.05 Å². The van der Waals surface area contributed by atoms with Crippen molar-refractivity contribution in [2.24, 2.45) is 7.05 Å². The molecule has 0 aliphatic heterocycles. The van der Waals surface area contributed by atoms with Crippen molar-refractivity contribution >= 4 is 23.7 Å². The third-order valence-corrected chi connectivity index (χ3v) is 5.34. The van der Waals surface area contributed by atoms with Crippen molar-refractivity contribution in [3.05, 3.63) is 71.5 Å². The minimum absolute atomic E-state index is 0.0961. The Kier molecular flexibility index (Phi) is 5.63. The van der Waals surface area contributed by atoms with Gasteiger partial charge in [0.2, 0.25) is 0 Å². The second-order valence-electron chi connectivity index (χ2n) is 7.55. The normalized spacial score (nSPS) is 13.1. The molecule has 0 fully saturated rings. The SMILES string of the molecule is C[C@@H](NC(=O)c1nn(C)cc1NC(=O)OCC1c2ccccc2-c2ccccc21)C(=O)O. The van der Waals surface area contributed by atoms with Crippen LogP contribution in [0.2, 0.25) is 0 Å². The maximum absolute atomic E-state index is 12.5. The predicted molar refractivity (Wildman–Crippen MR) is 116 cm³/mol. The fraction of sp³-hybridized carbons (Fsp3) is 0.217. The monoisotopic (exact) mass is 434 g/mol. The summed E-state index contributed by atoms with van der Waals surface area (Å²) in [5.74, 6) is -1.99. The Morgan fingerprint density at radius 3 is 2.28 bits per heavy atom. The summed E-state index contributed by atoms with van der Waals surface area (Å²) in [5.41, 5.74) is 4.44. The molecule has 164 valence electrons. The van der Waals surface area contributed by atoms with Crippen molar-refractivity contribution in [3.63, 3.8) is 0 Å². The molecule has 2 amide bonds. The molecule has 32 heavy (non-hydrogen) atoms. The first-order valence-electron chi connectivity index (χ1n) is 10.0. The quantitative estimate of drug-likeness (QED) is 0.548. The first-order valence-corrected chi connectivity index (χ1v) is 10.0. The summed E-state index contributed by atoms with van der Waals surface area (Å²) in [6.07, 6.45) is 0.710. The number of carbonyl (C=O) groups excluding carboxylic acids is 2. The number of nitrogens with zero attached hydrogens (tertiary/aromatic N) is 2. The number of carboxylic acid groups (broad SMARTS) is 1. The number of benzene rings is 2. The number of anilines is 1. The highest BCUT2D eigenvalue weighted by atomic mass is 16.5. The molecule has 3 N–H and O–H groups in total. The molecule has 0 unspecified atom stereocenters. The van der Waals surface area contributed by atoms with Gasteiger partial charge in [-0.25, -0.2) is 4.79 Å². The topological polar surface area (TPSA) is 123 Å². The Morgan fingerprint density at radius 1 is 1.09 bits per heavy atom. The molecule has 9 heteroatoms. The molecule has 1 aliphatic carbocycles. The first kappa shape index (κ1) is 21.1. The van der Waals surface area contributed by atoms with Gasteiger partial charge in [-0.1, -0.05) is 48.5 Å². The lowest BCUT2D eigenvalue weighted by Gasteiger charge is -2.14. The summed E-state index contributed by atoms with van der Waals surface area (Å²) >= 11 is 0. The Labute approximate surface area is 184 Å². The van der Waals surface area contributed by atoms with Gasteiger partial charge in [0, 0.05) is 19.2 Å². The largest absolute Gasteiger partial charge is 0.480 e. The van der Waals surface area contributed by atoms with Crippen LogP contribution in [0.4, 0.5) is 10.5 Å². The maximum Gasteiger partial charge on any atom is 0.411 e. The van der Waals surface area contributed by atoms with Crippen molar-refractivity contribution in [1.29, 1.82) is 0 Å². The molecule has 1 aromatic heterocycles. The van der Waals surface area contributed by atoms with Gasteiger partial charge in [-0.15, -0.1) is 0 Å². The smallest absolute Gasteiger partial charge is 0.411 e. The van der Waals surface area contributed by atoms with Gasteiger partial charge in [0.1, 0.15) is 12.6 Å². The molecule has 0 saturated heterocycles. The van der Waals surface area contributed by atoms with Gasteiger partial charge >= 0.3 is 12.1 Å². The fourth-order valence-corrected chi connectivity index (χ4v) is 3.82. The van der Waals surface area contributed by atoms with E-state index in [1.165, 1.54) is 17.8 Å². The standard InChI is InChI=1S/C23H22N4O5/c1-13(22(29)30)24-21(28)20-19(11-27(2)26-20)25-23(31)32-12-18-16-9-5-3-7-14(16)15-8-4-6-10-17(15)18/h3-11,13,18H,12H2,1-2H3,(H,24,28)(H,25,31)(H,29,30)/t13-/m1/s1. The van der Waals surface area contributed by atoms with Crippen LogP contribution in [0.25, 0.3) is 11.1 Å². The molecule has 1 atom stereocenters. The summed E-state index contributed by atoms with van der Waals surface area (Å²) in [5, 5.41) is 17.8. The van der Waals surface area contributed by atoms with Crippen molar-refractivity contribution < 1.29 is 24.2 Å². The van der Waals surface area contributed by atoms with Crippen LogP contribution in [0.5, 0.6) is 0 Å². The predicted octanol–water partition coefficient (Wildman–Crippen LogP) is 2.98. The molecule has 0 saturated carbocycles. The van der Waals surface area contributed by atoms with Crippen LogP contribution in [0, 0.1) is 0 Å². The number of amides is 2. The van der Waals surface area contributed by atoms with Crippen molar-refractivity contribution in [2.75, 3.05) is 11.9 Å². The van der Waals surface area contributed by atoms with E-state index in [1.807, 2.05) is 48.5 Å². The number of ether oxygens (including phenoxy) is 1. The van der Waals surface area contributed by atoms with Crippen molar-refractivity contribution in [3.8, 4) is 11.1 Å². The lowest BCUT2D eigenvalue weighted by molar-refractivity contribution is -0.138. The molecule has 2 aromatic carbocycles. The summed E-state index contributed by atoms with van der Waals surface area (Å²) < 4.78 is 6.84. The van der Waals surface area contributed by atoms with E-state index in [2.05, 4.69) is 15.7 Å². The molecular formula is C23H22N4O5. The van der Waals surface area contributed by atoms with Crippen LogP contribution in [0.3, 0.4) is 0 Å². The Balaban J connectivity index is 1.46. The van der Waals surface area contributed by atoms with Gasteiger partial charge in [-0.2, -0.15) is 5.10 Å². The number of aliphatic carboxylic acids is 1. The molecule has 9 nitrogen and oxygen atoms in total. The van der Waals surface area contributed by atoms with Gasteiger partial charge in [0.15, 0.2) is 5.69 Å². The highest BCUT2D eigenvalue weighted by Crippen LogP contribution is 2.44. The lowest BCUT2D eigenvalue weighted by Crippen LogP contribution is -2.38. The summed E-state index contributed by atoms with van der Waals surface area (Å²) in [7, 11) is 1.58. The van der Waals surface area contributed by atoms with Gasteiger partial charge in [0.05, 0.1) is 5.69 Å². The average molecular weight is 434 g/mol. The number of fused-ring (bicyclic) bond motifs is 3. The molecule has 3 aromatic rings. The first-order chi connectivity index (χ1) is 15.3. The van der Waals surface area contributed by atoms with Crippen LogP contribution in [-0.2, 0) is 16.6 Å². The zero-order valence-electron chi connectivity index (χ0n) is 17.5. The number of hydrogen-bond acceptors (Lipinski definition) is 5. The van der Waals surface area contributed by atoms with Gasteiger partial charge < -0.3 is 15.2 Å². The third kappa shape index (κ3) is 4.04. The van der Waals surface area contributed by atoms with E-state index >= 15 is 0 Å². The van der Waals surface area contributed by atoms with Crippen LogP contribution >= 0.6 is 0 Å². The molecule has 1 aliphatic rings. The van der Waals surface area contributed by atoms with Crippen molar-refractivity contribution in [1.82, 2.24) is 15.1 Å². The number of carbonyl (C=O) groups is 3. The Bertz CT molecular complexity index is 1160. The zero-order valence-corrected chi connectivity index (χ0v) is 17.5. The highest BCUT2D eigenvalue weighted by molar-refractivity contribution is 6.02. The van der Waals surface area contributed by atoms with E-state index in [4.69, 9.17) is 9.84 Å². The number of aryl methyl sites for hydroxylation is 1. The third-order valence-electron chi connectivity index (χ3n) is 5.34. The van der Waals surface area contributed by atoms with Gasteiger partial charge in [-0.05, 0) is 29.2 Å². The second-order valence-corrected chi connectivity index (χ2v) is 7.55. The minimum Gasteiger partial charge on any atom is -0.480 e. The number of rotatable bonds is 6. The summed E-state index contributed by atoms with van der Waals surface area (Å²) in [4.78, 5) is 35.9. The Morgan fingerprint density at radius 2 is 1.69 bits per heavy atom. The fourth-order valence-electron chi connectivity index (χ4n) is 3.82. The molecule has 1 heterocycles. The van der Waals surface area contributed by atoms with E-state index in [9.17, 15) is 14.4 Å². The maximum atomic E-state index is 12.5. The molecule has 0 radical (unpaired) electrons. The number of carboxylic acids is 1. The zero-order chi connectivity index (χ0) is 22.8. The van der Waals surface area contributed by atoms with Crippen molar-refractivity contribution in [2.45, 2.75) is 18.9 Å². The lowest BCUT2D eigenvalue weighted by atomic mass is 9.98. The molecular weight excluding hydrogens is 412 g/mol. The van der Waals surface area contributed by atoms with Crippen LogP contribution in [-0.4, -0.2) is 45.5 Å². The highest BCUT2D eigenvalue weighted by Gasteiger charge is 2.29. The van der Waals surface area contributed by atoms with E-state index in [-0.39, 0.29) is 23.9 Å². The molecule has 0 spiro atoms. The number of aromatic nitrogens is 2. The van der Waals surface area contributed by atoms with E-state index in [0.29, 0.717) is 0 Å². The van der Waals surface area contributed by atoms with E-state index in [0.717, 1.165) is 22.3 Å². The van der Waals surface area contributed by atoms with Crippen LogP contribution in [0.15, 0.2) is 54.7 Å². The number of hydrogen-bond donors (Lipinski definition) is 3. The van der Waals surface area contributed by atoms with Crippen LogP contribution in [0.1, 0.15) is 34.5 Å². The summed E-state index contributed by atoms with van der Waals surface area (Å²) in [6, 6.07) is 14.9. The van der Waals surface area contributed by atoms with Gasteiger partial charge in [-0.3, -0.25) is 19.6 Å². The molecule has 4 rings (SSSR count). The second kappa shape index (κ2) is 8.54.